The van der Waals surface area contributed by atoms with Crippen LogP contribution in [0.3, 0.4) is 0 Å². The molecular weight excluding hydrogens is 473 g/mol. The minimum absolute atomic E-state index is 0.0687. The number of aryl methyl sites for hydroxylation is 1. The number of carbonyl (C=O) groups is 1. The van der Waals surface area contributed by atoms with E-state index in [9.17, 15) is 18.0 Å². The highest BCUT2D eigenvalue weighted by Gasteiger charge is 2.30. The lowest BCUT2D eigenvalue weighted by Gasteiger charge is -2.12. The number of pyridine rings is 1. The minimum Gasteiger partial charge on any atom is -0.348 e. The summed E-state index contributed by atoms with van der Waals surface area (Å²) >= 11 is 0. The second-order valence-corrected chi connectivity index (χ2v) is 8.13. The molecule has 5 rings (SSSR count). The van der Waals surface area contributed by atoms with Crippen molar-refractivity contribution in [2.45, 2.75) is 26.2 Å². The molecular formula is C25H19F3N6O2. The summed E-state index contributed by atoms with van der Waals surface area (Å²) in [6.07, 6.45) is -1.46. The third-order valence-electron chi connectivity index (χ3n) is 5.70. The standard InChI is InChI=1S/C25H19F3N6O2/c1-15-22-20(23(35)30-11-17-5-2-3-6-18(17)12-34-14-29-13-31-34)10-21(32-24(22)36-33-15)16-7-4-8-19(9-16)25(26,27)28/h2-10,13-14H,11-12H2,1H3,(H,30,35). The van der Waals surface area contributed by atoms with Gasteiger partial charge in [0.1, 0.15) is 12.7 Å². The van der Waals surface area contributed by atoms with Crippen molar-refractivity contribution in [1.29, 1.82) is 0 Å². The first-order valence-corrected chi connectivity index (χ1v) is 10.9. The van der Waals surface area contributed by atoms with Gasteiger partial charge in [-0.2, -0.15) is 18.3 Å². The van der Waals surface area contributed by atoms with E-state index in [2.05, 4.69) is 25.5 Å². The predicted octanol–water partition coefficient (Wildman–Crippen LogP) is 4.79. The number of nitrogens with one attached hydrogen (secondary N) is 1. The van der Waals surface area contributed by atoms with Crippen LogP contribution >= 0.6 is 0 Å². The Bertz CT molecular complexity index is 1540. The van der Waals surface area contributed by atoms with Gasteiger partial charge in [0.15, 0.2) is 0 Å². The lowest BCUT2D eigenvalue weighted by molar-refractivity contribution is -0.137. The molecule has 8 nitrogen and oxygen atoms in total. The summed E-state index contributed by atoms with van der Waals surface area (Å²) in [5.74, 6) is -0.433. The van der Waals surface area contributed by atoms with Crippen LogP contribution in [0.2, 0.25) is 0 Å². The van der Waals surface area contributed by atoms with Gasteiger partial charge in [0.05, 0.1) is 34.4 Å². The first kappa shape index (κ1) is 23.2. The van der Waals surface area contributed by atoms with Crippen molar-refractivity contribution >= 4 is 17.0 Å². The molecule has 0 saturated heterocycles. The first-order chi connectivity index (χ1) is 17.3. The molecule has 0 bridgehead atoms. The molecule has 0 aliphatic rings. The first-order valence-electron chi connectivity index (χ1n) is 10.9. The Hall–Kier alpha value is -4.54. The van der Waals surface area contributed by atoms with E-state index in [-0.39, 0.29) is 29.1 Å². The number of amides is 1. The fourth-order valence-electron chi connectivity index (χ4n) is 3.92. The number of halogens is 3. The zero-order valence-corrected chi connectivity index (χ0v) is 19.0. The van der Waals surface area contributed by atoms with Crippen LogP contribution in [0.25, 0.3) is 22.4 Å². The van der Waals surface area contributed by atoms with Crippen molar-refractivity contribution in [2.75, 3.05) is 0 Å². The van der Waals surface area contributed by atoms with Crippen LogP contribution in [0.5, 0.6) is 0 Å². The largest absolute Gasteiger partial charge is 0.416 e. The van der Waals surface area contributed by atoms with Crippen molar-refractivity contribution in [1.82, 2.24) is 30.2 Å². The topological polar surface area (TPSA) is 98.7 Å². The van der Waals surface area contributed by atoms with Gasteiger partial charge in [-0.15, -0.1) is 0 Å². The molecule has 3 heterocycles. The van der Waals surface area contributed by atoms with Crippen molar-refractivity contribution in [3.8, 4) is 11.3 Å². The SMILES string of the molecule is Cc1noc2nc(-c3cccc(C(F)(F)F)c3)cc(C(=O)NCc3ccccc3Cn3cncn3)c12. The van der Waals surface area contributed by atoms with Crippen LogP contribution in [-0.4, -0.2) is 30.8 Å². The lowest BCUT2D eigenvalue weighted by Crippen LogP contribution is -2.24. The fraction of sp³-hybridized carbons (Fsp3) is 0.160. The Labute approximate surface area is 202 Å². The number of rotatable bonds is 6. The van der Waals surface area contributed by atoms with E-state index in [1.165, 1.54) is 24.5 Å². The highest BCUT2D eigenvalue weighted by Crippen LogP contribution is 2.33. The summed E-state index contributed by atoms with van der Waals surface area (Å²) in [4.78, 5) is 21.6. The molecule has 182 valence electrons. The Morgan fingerprint density at radius 1 is 1.08 bits per heavy atom. The zero-order chi connectivity index (χ0) is 25.3. The number of fused-ring (bicyclic) bond motifs is 1. The number of hydrogen-bond donors (Lipinski definition) is 1. The molecule has 0 fully saturated rings. The molecule has 1 amide bonds. The van der Waals surface area contributed by atoms with Gasteiger partial charge >= 0.3 is 6.18 Å². The number of aromatic nitrogens is 5. The van der Waals surface area contributed by atoms with E-state index >= 15 is 0 Å². The maximum atomic E-state index is 13.3. The normalized spacial score (nSPS) is 11.7. The van der Waals surface area contributed by atoms with Crippen molar-refractivity contribution in [2.24, 2.45) is 0 Å². The monoisotopic (exact) mass is 492 g/mol. The molecule has 5 aromatic rings. The van der Waals surface area contributed by atoms with Crippen LogP contribution in [0.15, 0.2) is 71.8 Å². The van der Waals surface area contributed by atoms with Crippen molar-refractivity contribution in [3.05, 3.63) is 95.2 Å². The van der Waals surface area contributed by atoms with Gasteiger partial charge in [0, 0.05) is 12.1 Å². The number of alkyl halides is 3. The third-order valence-corrected chi connectivity index (χ3v) is 5.70. The third kappa shape index (κ3) is 4.67. The second-order valence-electron chi connectivity index (χ2n) is 8.13. The van der Waals surface area contributed by atoms with Gasteiger partial charge in [-0.25, -0.2) is 14.6 Å². The molecule has 0 radical (unpaired) electrons. The maximum Gasteiger partial charge on any atom is 0.416 e. The summed E-state index contributed by atoms with van der Waals surface area (Å²) in [5, 5.41) is 11.3. The van der Waals surface area contributed by atoms with E-state index in [0.717, 1.165) is 23.3 Å². The molecule has 3 aromatic heterocycles. The molecule has 0 unspecified atom stereocenters. The summed E-state index contributed by atoms with van der Waals surface area (Å²) in [5.41, 5.74) is 2.12. The molecule has 2 aromatic carbocycles. The van der Waals surface area contributed by atoms with Crippen molar-refractivity contribution < 1.29 is 22.5 Å². The van der Waals surface area contributed by atoms with Gasteiger partial charge in [-0.1, -0.05) is 41.6 Å². The zero-order valence-electron chi connectivity index (χ0n) is 19.0. The summed E-state index contributed by atoms with van der Waals surface area (Å²) in [7, 11) is 0. The van der Waals surface area contributed by atoms with E-state index in [1.807, 2.05) is 24.3 Å². The van der Waals surface area contributed by atoms with E-state index in [4.69, 9.17) is 4.52 Å². The fourth-order valence-corrected chi connectivity index (χ4v) is 3.92. The quantitative estimate of drug-likeness (QED) is 0.366. The number of nitrogens with zero attached hydrogens (tertiary/aromatic N) is 5. The Morgan fingerprint density at radius 3 is 2.64 bits per heavy atom. The van der Waals surface area contributed by atoms with Crippen LogP contribution in [0.4, 0.5) is 13.2 Å². The molecule has 11 heteroatoms. The highest BCUT2D eigenvalue weighted by atomic mass is 19.4. The summed E-state index contributed by atoms with van der Waals surface area (Å²) in [6.45, 7) is 2.37. The van der Waals surface area contributed by atoms with Crippen molar-refractivity contribution in [3.63, 3.8) is 0 Å². The van der Waals surface area contributed by atoms with Gasteiger partial charge in [0.25, 0.3) is 11.6 Å². The van der Waals surface area contributed by atoms with Gasteiger partial charge in [-0.05, 0) is 36.2 Å². The average Bonchev–Trinajstić information content (AvgIpc) is 3.52. The van der Waals surface area contributed by atoms with Crippen LogP contribution in [-0.2, 0) is 19.3 Å². The van der Waals surface area contributed by atoms with E-state index in [1.54, 1.807) is 17.9 Å². The van der Waals surface area contributed by atoms with Gasteiger partial charge in [0.2, 0.25) is 0 Å². The second kappa shape index (κ2) is 9.25. The predicted molar refractivity (Wildman–Crippen MR) is 124 cm³/mol. The summed E-state index contributed by atoms with van der Waals surface area (Å²) in [6, 6.07) is 13.8. The molecule has 1 N–H and O–H groups in total. The maximum absolute atomic E-state index is 13.3. The van der Waals surface area contributed by atoms with E-state index in [0.29, 0.717) is 17.6 Å². The minimum atomic E-state index is -4.51. The van der Waals surface area contributed by atoms with Crippen LogP contribution in [0.1, 0.15) is 32.7 Å². The van der Waals surface area contributed by atoms with Crippen LogP contribution in [0, 0.1) is 6.92 Å². The van der Waals surface area contributed by atoms with Gasteiger partial charge < -0.3 is 9.84 Å². The highest BCUT2D eigenvalue weighted by molar-refractivity contribution is 6.07. The Morgan fingerprint density at radius 2 is 1.89 bits per heavy atom. The number of benzene rings is 2. The van der Waals surface area contributed by atoms with Crippen LogP contribution < -0.4 is 5.32 Å². The lowest BCUT2D eigenvalue weighted by atomic mass is 10.0. The summed E-state index contributed by atoms with van der Waals surface area (Å²) < 4.78 is 46.7. The van der Waals surface area contributed by atoms with Gasteiger partial charge in [-0.3, -0.25) is 4.79 Å². The Kier molecular flexibility index (Phi) is 5.96. The average molecular weight is 492 g/mol. The molecule has 0 saturated carbocycles. The molecule has 0 aliphatic carbocycles. The molecule has 0 atom stereocenters. The molecule has 0 aliphatic heterocycles. The molecule has 36 heavy (non-hydrogen) atoms. The smallest absolute Gasteiger partial charge is 0.348 e. The number of hydrogen-bond acceptors (Lipinski definition) is 6. The molecule has 0 spiro atoms. The number of carbonyl (C=O) groups excluding carboxylic acids is 1. The Balaban J connectivity index is 1.46. The van der Waals surface area contributed by atoms with E-state index < -0.39 is 17.6 Å².